The zero-order valence-corrected chi connectivity index (χ0v) is 10.4. The van der Waals surface area contributed by atoms with Gasteiger partial charge in [-0.2, -0.15) is 0 Å². The van der Waals surface area contributed by atoms with Crippen LogP contribution in [0, 0.1) is 6.92 Å². The summed E-state index contributed by atoms with van der Waals surface area (Å²) in [6.07, 6.45) is 1.94. The van der Waals surface area contributed by atoms with Crippen molar-refractivity contribution in [1.82, 2.24) is 4.98 Å². The molecule has 0 aliphatic rings. The Morgan fingerprint density at radius 2 is 2.25 bits per heavy atom. The van der Waals surface area contributed by atoms with E-state index in [1.807, 2.05) is 6.20 Å². The highest BCUT2D eigenvalue weighted by Crippen LogP contribution is 2.29. The third-order valence-electron chi connectivity index (χ3n) is 2.63. The number of hydrogen-bond acceptors (Lipinski definition) is 3. The summed E-state index contributed by atoms with van der Waals surface area (Å²) in [5.74, 6) is 0.399. The van der Waals surface area contributed by atoms with E-state index in [2.05, 4.69) is 43.1 Å². The van der Waals surface area contributed by atoms with Gasteiger partial charge in [-0.15, -0.1) is 11.3 Å². The highest BCUT2D eigenvalue weighted by molar-refractivity contribution is 7.15. The van der Waals surface area contributed by atoms with Crippen LogP contribution >= 0.6 is 11.3 Å². The van der Waals surface area contributed by atoms with E-state index in [0.29, 0.717) is 12.5 Å². The summed E-state index contributed by atoms with van der Waals surface area (Å²) in [6, 6.07) is 8.43. The fraction of sp³-hybridized carbons (Fsp3) is 0.308. The number of nitrogens with two attached hydrogens (primary N) is 1. The molecule has 1 aromatic heterocycles. The summed E-state index contributed by atoms with van der Waals surface area (Å²) >= 11 is 1.74. The molecule has 2 nitrogen and oxygen atoms in total. The van der Waals surface area contributed by atoms with Crippen molar-refractivity contribution in [3.05, 3.63) is 40.9 Å². The molecule has 1 unspecified atom stereocenters. The molecule has 16 heavy (non-hydrogen) atoms. The van der Waals surface area contributed by atoms with E-state index in [4.69, 9.17) is 5.73 Å². The Kier molecular flexibility index (Phi) is 3.36. The predicted octanol–water partition coefficient (Wildman–Crippen LogP) is 3.18. The molecule has 0 fully saturated rings. The maximum absolute atomic E-state index is 5.66. The molecular weight excluding hydrogens is 216 g/mol. The van der Waals surface area contributed by atoms with Gasteiger partial charge in [-0.25, -0.2) is 4.98 Å². The van der Waals surface area contributed by atoms with Crippen LogP contribution < -0.4 is 5.73 Å². The zero-order valence-electron chi connectivity index (χ0n) is 9.60. The number of aromatic nitrogens is 1. The number of nitrogens with zero attached hydrogens (tertiary/aromatic N) is 1. The molecule has 1 atom stereocenters. The van der Waals surface area contributed by atoms with E-state index in [0.717, 1.165) is 5.01 Å². The van der Waals surface area contributed by atoms with Crippen molar-refractivity contribution in [1.29, 1.82) is 0 Å². The lowest BCUT2D eigenvalue weighted by Crippen LogP contribution is -2.07. The van der Waals surface area contributed by atoms with Crippen LogP contribution in [0.2, 0.25) is 0 Å². The van der Waals surface area contributed by atoms with Crippen LogP contribution in [-0.4, -0.2) is 11.5 Å². The first-order valence-electron chi connectivity index (χ1n) is 5.43. The van der Waals surface area contributed by atoms with Crippen LogP contribution in [0.25, 0.3) is 10.6 Å². The quantitative estimate of drug-likeness (QED) is 0.882. The summed E-state index contributed by atoms with van der Waals surface area (Å²) in [4.78, 5) is 5.72. The van der Waals surface area contributed by atoms with Gasteiger partial charge in [0.25, 0.3) is 0 Å². The summed E-state index contributed by atoms with van der Waals surface area (Å²) in [5, 5.41) is 1.08. The Morgan fingerprint density at radius 1 is 1.44 bits per heavy atom. The van der Waals surface area contributed by atoms with Crippen molar-refractivity contribution in [3.63, 3.8) is 0 Å². The van der Waals surface area contributed by atoms with Crippen molar-refractivity contribution < 1.29 is 0 Å². The minimum absolute atomic E-state index is 0.399. The van der Waals surface area contributed by atoms with Gasteiger partial charge in [0.2, 0.25) is 0 Å². The molecule has 1 heterocycles. The summed E-state index contributed by atoms with van der Waals surface area (Å²) in [5.41, 5.74) is 8.11. The second-order valence-corrected chi connectivity index (χ2v) is 5.14. The first-order valence-corrected chi connectivity index (χ1v) is 6.25. The predicted molar refractivity (Wildman–Crippen MR) is 69.8 cm³/mol. The maximum Gasteiger partial charge on any atom is 0.123 e. The van der Waals surface area contributed by atoms with Crippen molar-refractivity contribution in [2.75, 3.05) is 6.54 Å². The summed E-state index contributed by atoms with van der Waals surface area (Å²) in [7, 11) is 0. The molecule has 0 aliphatic heterocycles. The number of aryl methyl sites for hydroxylation is 1. The second-order valence-electron chi connectivity index (χ2n) is 4.07. The summed E-state index contributed by atoms with van der Waals surface area (Å²) in [6.45, 7) is 4.91. The lowest BCUT2D eigenvalue weighted by atomic mass is 10.1. The molecule has 1 aromatic carbocycles. The van der Waals surface area contributed by atoms with E-state index >= 15 is 0 Å². The fourth-order valence-electron chi connectivity index (χ4n) is 1.54. The average molecular weight is 232 g/mol. The van der Waals surface area contributed by atoms with Gasteiger partial charge in [0.05, 0.1) is 0 Å². The van der Waals surface area contributed by atoms with Gasteiger partial charge >= 0.3 is 0 Å². The first-order chi connectivity index (χ1) is 7.70. The van der Waals surface area contributed by atoms with Gasteiger partial charge in [0.15, 0.2) is 0 Å². The lowest BCUT2D eigenvalue weighted by Gasteiger charge is -2.02. The van der Waals surface area contributed by atoms with Crippen molar-refractivity contribution in [3.8, 4) is 10.6 Å². The monoisotopic (exact) mass is 232 g/mol. The maximum atomic E-state index is 5.66. The number of benzene rings is 1. The van der Waals surface area contributed by atoms with Crippen LogP contribution in [-0.2, 0) is 0 Å². The fourth-order valence-corrected chi connectivity index (χ4v) is 2.52. The minimum atomic E-state index is 0.399. The van der Waals surface area contributed by atoms with Gasteiger partial charge in [0, 0.05) is 22.6 Å². The molecule has 2 rings (SSSR count). The third-order valence-corrected chi connectivity index (χ3v) is 3.91. The molecule has 0 amide bonds. The van der Waals surface area contributed by atoms with Crippen LogP contribution in [0.4, 0.5) is 0 Å². The Hall–Kier alpha value is -1.19. The smallest absolute Gasteiger partial charge is 0.123 e. The molecule has 0 spiro atoms. The zero-order chi connectivity index (χ0) is 11.5. The van der Waals surface area contributed by atoms with E-state index in [1.54, 1.807) is 11.3 Å². The van der Waals surface area contributed by atoms with Crippen LogP contribution in [0.5, 0.6) is 0 Å². The second kappa shape index (κ2) is 4.76. The molecular formula is C13H16N2S. The Balaban J connectivity index is 2.31. The number of thiazole rings is 1. The minimum Gasteiger partial charge on any atom is -0.330 e. The van der Waals surface area contributed by atoms with Gasteiger partial charge in [0.1, 0.15) is 5.01 Å². The molecule has 84 valence electrons. The van der Waals surface area contributed by atoms with Crippen LogP contribution in [0.1, 0.15) is 23.3 Å². The van der Waals surface area contributed by atoms with E-state index < -0.39 is 0 Å². The third kappa shape index (κ3) is 2.31. The van der Waals surface area contributed by atoms with Gasteiger partial charge in [-0.05, 0) is 19.5 Å². The van der Waals surface area contributed by atoms with E-state index in [9.17, 15) is 0 Å². The Bertz CT molecular complexity index is 476. The molecule has 0 saturated carbocycles. The van der Waals surface area contributed by atoms with Crippen LogP contribution in [0.3, 0.4) is 0 Å². The van der Waals surface area contributed by atoms with E-state index in [-0.39, 0.29) is 0 Å². The molecule has 0 saturated heterocycles. The first kappa shape index (κ1) is 11.3. The Labute approximate surface area is 100 Å². The van der Waals surface area contributed by atoms with Crippen molar-refractivity contribution >= 4 is 11.3 Å². The summed E-state index contributed by atoms with van der Waals surface area (Å²) < 4.78 is 0. The van der Waals surface area contributed by atoms with Gasteiger partial charge in [-0.3, -0.25) is 0 Å². The van der Waals surface area contributed by atoms with Crippen LogP contribution in [0.15, 0.2) is 30.5 Å². The normalized spacial score (nSPS) is 12.7. The van der Waals surface area contributed by atoms with Crippen molar-refractivity contribution in [2.24, 2.45) is 5.73 Å². The average Bonchev–Trinajstić information content (AvgIpc) is 2.77. The van der Waals surface area contributed by atoms with Gasteiger partial charge in [-0.1, -0.05) is 30.7 Å². The topological polar surface area (TPSA) is 38.9 Å². The standard InChI is InChI=1S/C13H16N2S/c1-9-4-3-5-11(6-9)13-15-8-12(16-13)10(2)7-14/h3-6,8,10H,7,14H2,1-2H3. The molecule has 3 heteroatoms. The molecule has 2 aromatic rings. The highest BCUT2D eigenvalue weighted by Gasteiger charge is 2.09. The number of rotatable bonds is 3. The Morgan fingerprint density at radius 3 is 2.94 bits per heavy atom. The molecule has 0 radical (unpaired) electrons. The lowest BCUT2D eigenvalue weighted by molar-refractivity contribution is 0.787. The highest BCUT2D eigenvalue weighted by atomic mass is 32.1. The molecule has 0 aliphatic carbocycles. The number of hydrogen-bond donors (Lipinski definition) is 1. The van der Waals surface area contributed by atoms with Gasteiger partial charge < -0.3 is 5.73 Å². The van der Waals surface area contributed by atoms with Crippen molar-refractivity contribution in [2.45, 2.75) is 19.8 Å². The largest absolute Gasteiger partial charge is 0.330 e. The molecule has 0 bridgehead atoms. The van der Waals surface area contributed by atoms with E-state index in [1.165, 1.54) is 16.0 Å². The molecule has 2 N–H and O–H groups in total. The SMILES string of the molecule is Cc1cccc(-c2ncc(C(C)CN)s2)c1.